The summed E-state index contributed by atoms with van der Waals surface area (Å²) in [6.07, 6.45) is 0.0323. The molecule has 1 unspecified atom stereocenters. The molecule has 0 radical (unpaired) electrons. The first-order chi connectivity index (χ1) is 12.0. The molecule has 8 heteroatoms. The van der Waals surface area contributed by atoms with Gasteiger partial charge >= 0.3 is 0 Å². The molecular weight excluding hydrogens is 381 g/mol. The van der Waals surface area contributed by atoms with Gasteiger partial charge < -0.3 is 10.6 Å². The number of nitrogens with one attached hydrogen (secondary N) is 2. The lowest BCUT2D eigenvalue weighted by atomic mass is 10.2. The summed E-state index contributed by atoms with van der Waals surface area (Å²) in [6, 6.07) is 14.1. The van der Waals surface area contributed by atoms with E-state index >= 15 is 0 Å². The second kappa shape index (κ2) is 7.91. The van der Waals surface area contributed by atoms with E-state index in [0.29, 0.717) is 20.9 Å². The molecule has 5 nitrogen and oxygen atoms in total. The monoisotopic (exact) mass is 393 g/mol. The normalized spacial score (nSPS) is 18.2. The Bertz CT molecular complexity index is 843. The first kappa shape index (κ1) is 17.8. The van der Waals surface area contributed by atoms with Gasteiger partial charge in [0.05, 0.1) is 15.7 Å². The highest BCUT2D eigenvalue weighted by molar-refractivity contribution is 8.15. The fourth-order valence-corrected chi connectivity index (χ4v) is 3.45. The summed E-state index contributed by atoms with van der Waals surface area (Å²) in [5.41, 5.74) is 1.27. The minimum absolute atomic E-state index is 0.0323. The topological polar surface area (TPSA) is 70.6 Å². The van der Waals surface area contributed by atoms with Gasteiger partial charge in [0.2, 0.25) is 11.8 Å². The Hall–Kier alpha value is -2.02. The third-order valence-electron chi connectivity index (χ3n) is 3.34. The third kappa shape index (κ3) is 4.75. The molecule has 0 aromatic heterocycles. The van der Waals surface area contributed by atoms with E-state index in [-0.39, 0.29) is 18.2 Å². The maximum atomic E-state index is 12.2. The molecule has 2 N–H and O–H groups in total. The summed E-state index contributed by atoms with van der Waals surface area (Å²) in [6.45, 7) is 0. The number of nitrogens with zero attached hydrogens (tertiary/aromatic N) is 1. The van der Waals surface area contributed by atoms with Crippen molar-refractivity contribution in [3.63, 3.8) is 0 Å². The molecule has 0 spiro atoms. The molecule has 0 saturated carbocycles. The lowest BCUT2D eigenvalue weighted by molar-refractivity contribution is -0.122. The number of halogens is 2. The van der Waals surface area contributed by atoms with E-state index in [4.69, 9.17) is 23.2 Å². The molecule has 0 aliphatic carbocycles. The summed E-state index contributed by atoms with van der Waals surface area (Å²) in [7, 11) is 0. The van der Waals surface area contributed by atoms with Crippen molar-refractivity contribution >= 4 is 63.3 Å². The number of thioether (sulfide) groups is 1. The van der Waals surface area contributed by atoms with Gasteiger partial charge in [-0.1, -0.05) is 53.2 Å². The highest BCUT2D eigenvalue weighted by Crippen LogP contribution is 2.27. The average molecular weight is 394 g/mol. The smallest absolute Gasteiger partial charge is 0.240 e. The van der Waals surface area contributed by atoms with Crippen LogP contribution in [-0.4, -0.2) is 22.2 Å². The molecule has 1 saturated heterocycles. The first-order valence-electron chi connectivity index (χ1n) is 7.37. The van der Waals surface area contributed by atoms with Crippen LogP contribution in [0.5, 0.6) is 0 Å². The summed E-state index contributed by atoms with van der Waals surface area (Å²) in [5, 5.41) is 6.13. The number of rotatable bonds is 4. The average Bonchev–Trinajstić information content (AvgIpc) is 2.91. The minimum atomic E-state index is -0.523. The fraction of sp³-hybridized carbons (Fsp3) is 0.118. The number of benzene rings is 2. The molecule has 1 fully saturated rings. The molecule has 1 atom stereocenters. The van der Waals surface area contributed by atoms with Gasteiger partial charge in [-0.25, -0.2) is 4.99 Å². The number of anilines is 1. The van der Waals surface area contributed by atoms with E-state index in [0.717, 1.165) is 5.69 Å². The summed E-state index contributed by atoms with van der Waals surface area (Å²) >= 11 is 13.0. The molecule has 1 aliphatic heterocycles. The predicted molar refractivity (Wildman–Crippen MR) is 103 cm³/mol. The molecular formula is C17H13Cl2N3O2S. The molecule has 3 rings (SSSR count). The van der Waals surface area contributed by atoms with E-state index in [1.807, 2.05) is 30.3 Å². The van der Waals surface area contributed by atoms with Crippen LogP contribution in [0.3, 0.4) is 0 Å². The zero-order chi connectivity index (χ0) is 17.8. The van der Waals surface area contributed by atoms with Crippen molar-refractivity contribution in [1.82, 2.24) is 5.32 Å². The maximum Gasteiger partial charge on any atom is 0.240 e. The Morgan fingerprint density at radius 2 is 1.92 bits per heavy atom. The zero-order valence-electron chi connectivity index (χ0n) is 12.8. The van der Waals surface area contributed by atoms with Gasteiger partial charge in [-0.3, -0.25) is 9.59 Å². The Balaban J connectivity index is 1.61. The number of hydrogen-bond acceptors (Lipinski definition) is 4. The molecule has 25 heavy (non-hydrogen) atoms. The van der Waals surface area contributed by atoms with E-state index in [1.54, 1.807) is 18.2 Å². The maximum absolute atomic E-state index is 12.2. The predicted octanol–water partition coefficient (Wildman–Crippen LogP) is 4.24. The van der Waals surface area contributed by atoms with Crippen LogP contribution in [0.15, 0.2) is 53.5 Å². The number of carbonyl (C=O) groups excluding carboxylic acids is 2. The van der Waals surface area contributed by atoms with Crippen molar-refractivity contribution in [2.24, 2.45) is 4.99 Å². The van der Waals surface area contributed by atoms with Crippen molar-refractivity contribution in [1.29, 1.82) is 0 Å². The van der Waals surface area contributed by atoms with Crippen LogP contribution in [-0.2, 0) is 9.59 Å². The number of hydrogen-bond donors (Lipinski definition) is 2. The van der Waals surface area contributed by atoms with Gasteiger partial charge in [0.25, 0.3) is 0 Å². The fourth-order valence-electron chi connectivity index (χ4n) is 2.17. The van der Waals surface area contributed by atoms with Crippen LogP contribution in [0.1, 0.15) is 6.42 Å². The Labute approximate surface area is 158 Å². The Morgan fingerprint density at radius 3 is 2.64 bits per heavy atom. The van der Waals surface area contributed by atoms with E-state index in [1.165, 1.54) is 11.8 Å². The molecule has 128 valence electrons. The van der Waals surface area contributed by atoms with Gasteiger partial charge in [-0.05, 0) is 30.3 Å². The number of para-hydroxylation sites is 1. The van der Waals surface area contributed by atoms with Gasteiger partial charge in [0.15, 0.2) is 5.17 Å². The summed E-state index contributed by atoms with van der Waals surface area (Å²) in [5.74, 6) is -0.518. The van der Waals surface area contributed by atoms with Crippen LogP contribution in [0.25, 0.3) is 0 Å². The Kier molecular flexibility index (Phi) is 5.63. The number of amides is 2. The van der Waals surface area contributed by atoms with Crippen LogP contribution >= 0.6 is 35.0 Å². The van der Waals surface area contributed by atoms with Crippen LogP contribution in [0, 0.1) is 0 Å². The Morgan fingerprint density at radius 1 is 1.16 bits per heavy atom. The zero-order valence-corrected chi connectivity index (χ0v) is 15.2. The lowest BCUT2D eigenvalue weighted by Crippen LogP contribution is -2.28. The van der Waals surface area contributed by atoms with Crippen molar-refractivity contribution in [2.75, 3.05) is 5.32 Å². The van der Waals surface area contributed by atoms with E-state index < -0.39 is 5.25 Å². The van der Waals surface area contributed by atoms with Gasteiger partial charge in [-0.15, -0.1) is 0 Å². The number of amidine groups is 1. The highest BCUT2D eigenvalue weighted by Gasteiger charge is 2.32. The molecule has 0 bridgehead atoms. The summed E-state index contributed by atoms with van der Waals surface area (Å²) in [4.78, 5) is 28.5. The molecule has 1 heterocycles. The van der Waals surface area contributed by atoms with Gasteiger partial charge in [-0.2, -0.15) is 0 Å². The third-order valence-corrected chi connectivity index (χ3v) is 5.16. The van der Waals surface area contributed by atoms with Crippen LogP contribution in [0.4, 0.5) is 11.4 Å². The molecule has 2 aromatic carbocycles. The van der Waals surface area contributed by atoms with Crippen LogP contribution in [0.2, 0.25) is 10.0 Å². The van der Waals surface area contributed by atoms with E-state index in [2.05, 4.69) is 15.6 Å². The number of aliphatic imine (C=N–C) groups is 1. The van der Waals surface area contributed by atoms with Crippen LogP contribution < -0.4 is 10.6 Å². The second-order valence-corrected chi connectivity index (χ2v) is 7.24. The van der Waals surface area contributed by atoms with E-state index in [9.17, 15) is 9.59 Å². The van der Waals surface area contributed by atoms with Gasteiger partial charge in [0.1, 0.15) is 5.25 Å². The second-order valence-electron chi connectivity index (χ2n) is 5.23. The lowest BCUT2D eigenvalue weighted by Gasteiger charge is -2.08. The largest absolute Gasteiger partial charge is 0.326 e. The molecule has 2 aromatic rings. The quantitative estimate of drug-likeness (QED) is 0.815. The summed E-state index contributed by atoms with van der Waals surface area (Å²) < 4.78 is 0. The van der Waals surface area contributed by atoms with Crippen molar-refractivity contribution < 1.29 is 9.59 Å². The minimum Gasteiger partial charge on any atom is -0.326 e. The van der Waals surface area contributed by atoms with Crippen molar-refractivity contribution in [2.45, 2.75) is 11.7 Å². The number of carbonyl (C=O) groups is 2. The SMILES string of the molecule is O=C(CC1SC(=Nc2ccccc2)NC1=O)Nc1ccc(Cl)c(Cl)c1. The first-order valence-corrected chi connectivity index (χ1v) is 9.01. The molecule has 2 amide bonds. The molecule has 1 aliphatic rings. The van der Waals surface area contributed by atoms with Crippen molar-refractivity contribution in [3.8, 4) is 0 Å². The highest BCUT2D eigenvalue weighted by atomic mass is 35.5. The van der Waals surface area contributed by atoms with Gasteiger partial charge in [0, 0.05) is 12.1 Å². The standard InChI is InChI=1S/C17H13Cl2N3O2S/c18-12-7-6-11(8-13(12)19)20-15(23)9-14-16(24)22-17(25-14)21-10-4-2-1-3-5-10/h1-8,14H,9H2,(H,20,23)(H,21,22,24). The van der Waals surface area contributed by atoms with Crippen molar-refractivity contribution in [3.05, 3.63) is 58.6 Å².